The van der Waals surface area contributed by atoms with Crippen molar-refractivity contribution in [3.8, 4) is 5.75 Å². The van der Waals surface area contributed by atoms with Gasteiger partial charge in [0.05, 0.1) is 6.61 Å². The van der Waals surface area contributed by atoms with Crippen LogP contribution in [0, 0.1) is 11.8 Å². The van der Waals surface area contributed by atoms with Crippen molar-refractivity contribution in [2.45, 2.75) is 37.6 Å². The highest BCUT2D eigenvalue weighted by Crippen LogP contribution is 2.50. The SMILES string of the molecule is NC1(CCOc2ccc(Br)cc2)CC2CCC1C2. The first kappa shape index (κ1) is 12.5. The molecule has 2 aliphatic rings. The van der Waals surface area contributed by atoms with Crippen LogP contribution in [-0.4, -0.2) is 12.1 Å². The van der Waals surface area contributed by atoms with E-state index in [4.69, 9.17) is 10.5 Å². The zero-order valence-corrected chi connectivity index (χ0v) is 12.2. The van der Waals surface area contributed by atoms with Crippen LogP contribution in [0.25, 0.3) is 0 Å². The summed E-state index contributed by atoms with van der Waals surface area (Å²) in [6.07, 6.45) is 6.29. The number of fused-ring (bicyclic) bond motifs is 2. The molecule has 0 aromatic heterocycles. The molecule has 0 radical (unpaired) electrons. The van der Waals surface area contributed by atoms with Crippen molar-refractivity contribution in [3.63, 3.8) is 0 Å². The molecule has 0 heterocycles. The Morgan fingerprint density at radius 2 is 2.06 bits per heavy atom. The lowest BCUT2D eigenvalue weighted by atomic mass is 9.80. The molecule has 0 aliphatic heterocycles. The minimum absolute atomic E-state index is 0.0538. The molecule has 3 heteroatoms. The Kier molecular flexibility index (Phi) is 3.37. The molecule has 0 amide bonds. The lowest BCUT2D eigenvalue weighted by Crippen LogP contribution is -2.46. The van der Waals surface area contributed by atoms with Crippen molar-refractivity contribution in [2.75, 3.05) is 6.61 Å². The number of benzene rings is 1. The maximum atomic E-state index is 6.55. The zero-order chi connectivity index (χ0) is 12.6. The predicted molar refractivity (Wildman–Crippen MR) is 76.6 cm³/mol. The van der Waals surface area contributed by atoms with Crippen LogP contribution in [0.1, 0.15) is 32.1 Å². The van der Waals surface area contributed by atoms with Crippen LogP contribution in [0.5, 0.6) is 5.75 Å². The molecule has 18 heavy (non-hydrogen) atoms. The van der Waals surface area contributed by atoms with E-state index in [0.717, 1.165) is 35.1 Å². The van der Waals surface area contributed by atoms with E-state index in [1.165, 1.54) is 25.7 Å². The Bertz CT molecular complexity index is 419. The van der Waals surface area contributed by atoms with Gasteiger partial charge in [0, 0.05) is 10.0 Å². The summed E-state index contributed by atoms with van der Waals surface area (Å²) >= 11 is 3.42. The molecular weight excluding hydrogens is 290 g/mol. The van der Waals surface area contributed by atoms with Gasteiger partial charge in [-0.25, -0.2) is 0 Å². The van der Waals surface area contributed by atoms with Crippen LogP contribution in [0.3, 0.4) is 0 Å². The lowest BCUT2D eigenvalue weighted by Gasteiger charge is -2.33. The summed E-state index contributed by atoms with van der Waals surface area (Å²) in [5, 5.41) is 0. The third-order valence-electron chi connectivity index (χ3n) is 4.67. The number of ether oxygens (including phenoxy) is 1. The highest BCUT2D eigenvalue weighted by molar-refractivity contribution is 9.10. The second-order valence-corrected chi connectivity index (χ2v) is 6.78. The third kappa shape index (κ3) is 2.43. The molecule has 2 fully saturated rings. The van der Waals surface area contributed by atoms with Crippen LogP contribution in [0.2, 0.25) is 0 Å². The van der Waals surface area contributed by atoms with Gasteiger partial charge < -0.3 is 10.5 Å². The van der Waals surface area contributed by atoms with Gasteiger partial charge in [0.15, 0.2) is 0 Å². The molecule has 2 nitrogen and oxygen atoms in total. The lowest BCUT2D eigenvalue weighted by molar-refractivity contribution is 0.199. The van der Waals surface area contributed by atoms with Crippen molar-refractivity contribution in [3.05, 3.63) is 28.7 Å². The van der Waals surface area contributed by atoms with E-state index in [2.05, 4.69) is 15.9 Å². The minimum Gasteiger partial charge on any atom is -0.494 e. The van der Waals surface area contributed by atoms with E-state index in [9.17, 15) is 0 Å². The molecule has 2 bridgehead atoms. The van der Waals surface area contributed by atoms with Crippen LogP contribution < -0.4 is 10.5 Å². The van der Waals surface area contributed by atoms with Gasteiger partial charge in [-0.05, 0) is 61.8 Å². The third-order valence-corrected chi connectivity index (χ3v) is 5.20. The normalized spacial score (nSPS) is 33.9. The first-order valence-electron chi connectivity index (χ1n) is 6.83. The predicted octanol–water partition coefficient (Wildman–Crippen LogP) is 3.74. The van der Waals surface area contributed by atoms with E-state index in [-0.39, 0.29) is 5.54 Å². The van der Waals surface area contributed by atoms with Gasteiger partial charge in [0.25, 0.3) is 0 Å². The Balaban J connectivity index is 1.51. The number of hydrogen-bond donors (Lipinski definition) is 1. The standard InChI is InChI=1S/C15H20BrNO/c16-13-3-5-14(6-4-13)18-8-7-15(17)10-11-1-2-12(15)9-11/h3-6,11-12H,1-2,7-10,17H2. The van der Waals surface area contributed by atoms with E-state index in [0.29, 0.717) is 0 Å². The van der Waals surface area contributed by atoms with Gasteiger partial charge in [-0.3, -0.25) is 0 Å². The van der Waals surface area contributed by atoms with Crippen LogP contribution >= 0.6 is 15.9 Å². The minimum atomic E-state index is 0.0538. The van der Waals surface area contributed by atoms with Gasteiger partial charge in [-0.15, -0.1) is 0 Å². The molecule has 0 spiro atoms. The molecule has 3 rings (SSSR count). The second-order valence-electron chi connectivity index (χ2n) is 5.87. The van der Waals surface area contributed by atoms with E-state index >= 15 is 0 Å². The van der Waals surface area contributed by atoms with E-state index in [1.54, 1.807) is 0 Å². The Morgan fingerprint density at radius 1 is 1.28 bits per heavy atom. The highest BCUT2D eigenvalue weighted by atomic mass is 79.9. The van der Waals surface area contributed by atoms with E-state index in [1.807, 2.05) is 24.3 Å². The summed E-state index contributed by atoms with van der Waals surface area (Å²) in [5.41, 5.74) is 6.60. The first-order chi connectivity index (χ1) is 8.66. The molecule has 2 aliphatic carbocycles. The van der Waals surface area contributed by atoms with Gasteiger partial charge >= 0.3 is 0 Å². The summed E-state index contributed by atoms with van der Waals surface area (Å²) in [5.74, 6) is 2.58. The largest absolute Gasteiger partial charge is 0.494 e. The highest BCUT2D eigenvalue weighted by Gasteiger charge is 2.48. The van der Waals surface area contributed by atoms with Crippen molar-refractivity contribution in [2.24, 2.45) is 17.6 Å². The van der Waals surface area contributed by atoms with Gasteiger partial charge in [0.1, 0.15) is 5.75 Å². The number of nitrogens with two attached hydrogens (primary N) is 1. The monoisotopic (exact) mass is 309 g/mol. The fourth-order valence-corrected chi connectivity index (χ4v) is 3.95. The molecule has 3 unspecified atom stereocenters. The van der Waals surface area contributed by atoms with Crippen LogP contribution in [-0.2, 0) is 0 Å². The molecule has 0 saturated heterocycles. The Morgan fingerprint density at radius 3 is 2.67 bits per heavy atom. The second kappa shape index (κ2) is 4.86. The molecule has 2 saturated carbocycles. The van der Waals surface area contributed by atoms with Crippen molar-refractivity contribution in [1.29, 1.82) is 0 Å². The van der Waals surface area contributed by atoms with Crippen LogP contribution in [0.4, 0.5) is 0 Å². The Labute approximate surface area is 117 Å². The summed E-state index contributed by atoms with van der Waals surface area (Å²) in [6, 6.07) is 8.00. The maximum Gasteiger partial charge on any atom is 0.119 e. The zero-order valence-electron chi connectivity index (χ0n) is 10.6. The maximum absolute atomic E-state index is 6.55. The molecule has 98 valence electrons. The molecule has 2 N–H and O–H groups in total. The number of halogens is 1. The van der Waals surface area contributed by atoms with E-state index < -0.39 is 0 Å². The average Bonchev–Trinajstić information content (AvgIpc) is 2.92. The fraction of sp³-hybridized carbons (Fsp3) is 0.600. The molecular formula is C15H20BrNO. The Hall–Kier alpha value is -0.540. The summed E-state index contributed by atoms with van der Waals surface area (Å²) in [7, 11) is 0. The smallest absolute Gasteiger partial charge is 0.119 e. The van der Waals surface area contributed by atoms with Crippen molar-refractivity contribution < 1.29 is 4.74 Å². The van der Waals surface area contributed by atoms with Crippen molar-refractivity contribution >= 4 is 15.9 Å². The first-order valence-corrected chi connectivity index (χ1v) is 7.62. The average molecular weight is 310 g/mol. The van der Waals surface area contributed by atoms with Gasteiger partial charge in [0.2, 0.25) is 0 Å². The molecule has 1 aromatic carbocycles. The molecule has 3 atom stereocenters. The van der Waals surface area contributed by atoms with Crippen LogP contribution in [0.15, 0.2) is 28.7 Å². The summed E-state index contributed by atoms with van der Waals surface area (Å²) < 4.78 is 6.88. The molecule has 1 aromatic rings. The number of rotatable bonds is 4. The summed E-state index contributed by atoms with van der Waals surface area (Å²) in [4.78, 5) is 0. The quantitative estimate of drug-likeness (QED) is 0.919. The van der Waals surface area contributed by atoms with Crippen molar-refractivity contribution in [1.82, 2.24) is 0 Å². The summed E-state index contributed by atoms with van der Waals surface area (Å²) in [6.45, 7) is 0.737. The van der Waals surface area contributed by atoms with Gasteiger partial charge in [-0.2, -0.15) is 0 Å². The number of hydrogen-bond acceptors (Lipinski definition) is 2. The fourth-order valence-electron chi connectivity index (χ4n) is 3.68. The van der Waals surface area contributed by atoms with Gasteiger partial charge in [-0.1, -0.05) is 22.4 Å². The topological polar surface area (TPSA) is 35.2 Å².